The Hall–Kier alpha value is -2.99. The number of amides is 1. The lowest BCUT2D eigenvalue weighted by Gasteiger charge is -2.25. The van der Waals surface area contributed by atoms with Crippen LogP contribution in [0.2, 0.25) is 0 Å². The molecule has 0 bridgehead atoms. The maximum absolute atomic E-state index is 12.9. The minimum absolute atomic E-state index is 0.342. The highest BCUT2D eigenvalue weighted by atomic mass is 16.4. The minimum atomic E-state index is -2.21. The summed E-state index contributed by atoms with van der Waals surface area (Å²) >= 11 is 0. The molecule has 2 aromatic rings. The number of benzene rings is 2. The molecular formula is C33H47NO5. The number of ketones is 1. The van der Waals surface area contributed by atoms with Crippen molar-refractivity contribution >= 4 is 28.4 Å². The molecule has 2 atom stereocenters. The third kappa shape index (κ3) is 11.7. The van der Waals surface area contributed by atoms with Crippen molar-refractivity contribution in [1.29, 1.82) is 0 Å². The van der Waals surface area contributed by atoms with Gasteiger partial charge in [-0.1, -0.05) is 100 Å². The van der Waals surface area contributed by atoms with Gasteiger partial charge in [0.2, 0.25) is 5.91 Å². The van der Waals surface area contributed by atoms with Crippen LogP contribution in [0.4, 0.5) is 0 Å². The zero-order chi connectivity index (χ0) is 28.5. The van der Waals surface area contributed by atoms with Crippen molar-refractivity contribution in [1.82, 2.24) is 5.32 Å². The molecule has 2 aromatic carbocycles. The summed E-state index contributed by atoms with van der Waals surface area (Å²) < 4.78 is 0. The van der Waals surface area contributed by atoms with Crippen molar-refractivity contribution in [3.8, 4) is 0 Å². The number of nitrogens with one attached hydrogen (secondary N) is 1. The number of fused-ring (bicyclic) bond motifs is 1. The zero-order valence-corrected chi connectivity index (χ0v) is 23.8. The Bertz CT molecular complexity index is 1070. The van der Waals surface area contributed by atoms with Crippen molar-refractivity contribution in [3.63, 3.8) is 0 Å². The molecule has 0 aliphatic rings. The summed E-state index contributed by atoms with van der Waals surface area (Å²) in [5.41, 5.74) is -1.14. The number of unbranched alkanes of at least 4 members (excludes halogenated alkanes) is 8. The van der Waals surface area contributed by atoms with E-state index in [0.717, 1.165) is 61.8 Å². The van der Waals surface area contributed by atoms with E-state index in [2.05, 4.69) is 18.3 Å². The normalized spacial score (nSPS) is 13.8. The molecule has 6 nitrogen and oxygen atoms in total. The number of hydrogen-bond acceptors (Lipinski definition) is 4. The van der Waals surface area contributed by atoms with Gasteiger partial charge in [0.05, 0.1) is 5.92 Å². The predicted molar refractivity (Wildman–Crippen MR) is 158 cm³/mol. The second kappa shape index (κ2) is 17.6. The highest BCUT2D eigenvalue weighted by Gasteiger charge is 2.42. The average molecular weight is 538 g/mol. The fourth-order valence-corrected chi connectivity index (χ4v) is 4.72. The number of carbonyl (C=O) groups excluding carboxylic acids is 2. The van der Waals surface area contributed by atoms with Crippen LogP contribution >= 0.6 is 0 Å². The van der Waals surface area contributed by atoms with Crippen LogP contribution in [0.3, 0.4) is 0 Å². The van der Waals surface area contributed by atoms with Crippen LogP contribution in [-0.4, -0.2) is 40.0 Å². The van der Waals surface area contributed by atoms with Gasteiger partial charge >= 0.3 is 5.97 Å². The third-order valence-corrected chi connectivity index (χ3v) is 7.31. The van der Waals surface area contributed by atoms with Gasteiger partial charge in [-0.15, -0.1) is 0 Å². The highest BCUT2D eigenvalue weighted by Crippen LogP contribution is 2.21. The molecule has 214 valence electrons. The standard InChI is InChI=1S/C33H47NO5/c1-3-4-5-8-11-18-29(35)19-12-9-6-7-10-13-20-30(33(2,39)32(37)38)31(36)34-24-23-26-21-22-27-16-14-15-17-28(27)25-26/h13-17,20-22,25,30,39H,3-12,18-19,23-24H2,1-2H3,(H,34,36)(H,37,38)/b20-13+/t30-,33+/m1/s1. The second-order valence-electron chi connectivity index (χ2n) is 10.7. The van der Waals surface area contributed by atoms with Crippen molar-refractivity contribution in [3.05, 3.63) is 60.2 Å². The van der Waals surface area contributed by atoms with Gasteiger partial charge in [0, 0.05) is 19.4 Å². The summed E-state index contributed by atoms with van der Waals surface area (Å²) in [4.78, 5) is 36.5. The van der Waals surface area contributed by atoms with Crippen LogP contribution in [0.5, 0.6) is 0 Å². The molecule has 3 N–H and O–H groups in total. The van der Waals surface area contributed by atoms with E-state index in [-0.39, 0.29) is 0 Å². The van der Waals surface area contributed by atoms with E-state index in [9.17, 15) is 24.6 Å². The molecule has 6 heteroatoms. The van der Waals surface area contributed by atoms with Crippen LogP contribution in [0, 0.1) is 5.92 Å². The molecule has 0 fully saturated rings. The summed E-state index contributed by atoms with van der Waals surface area (Å²) in [6, 6.07) is 14.2. The number of rotatable bonds is 20. The van der Waals surface area contributed by atoms with Crippen LogP contribution < -0.4 is 5.32 Å². The largest absolute Gasteiger partial charge is 0.479 e. The molecular weight excluding hydrogens is 490 g/mol. The molecule has 0 heterocycles. The fraction of sp³-hybridized carbons (Fsp3) is 0.545. The monoisotopic (exact) mass is 537 g/mol. The first-order chi connectivity index (χ1) is 18.8. The van der Waals surface area contributed by atoms with Crippen LogP contribution in [0.15, 0.2) is 54.6 Å². The zero-order valence-electron chi connectivity index (χ0n) is 23.8. The molecule has 0 aromatic heterocycles. The molecule has 0 aliphatic heterocycles. The SMILES string of the molecule is CCCCCCCC(=O)CCCCCC/C=C/[C@H](C(=O)NCCc1ccc2ccccc2c1)[C@](C)(O)C(=O)O. The van der Waals surface area contributed by atoms with Gasteiger partial charge in [-0.3, -0.25) is 9.59 Å². The van der Waals surface area contributed by atoms with Gasteiger partial charge in [0.25, 0.3) is 0 Å². The Kier molecular flexibility index (Phi) is 14.5. The summed E-state index contributed by atoms with van der Waals surface area (Å²) in [6.45, 7) is 3.69. The van der Waals surface area contributed by atoms with E-state index in [1.807, 2.05) is 36.4 Å². The number of allylic oxidation sites excluding steroid dienone is 1. The van der Waals surface area contributed by atoms with E-state index in [4.69, 9.17) is 0 Å². The Morgan fingerprint density at radius 3 is 2.21 bits per heavy atom. The van der Waals surface area contributed by atoms with E-state index in [1.165, 1.54) is 25.3 Å². The van der Waals surface area contributed by atoms with Gasteiger partial charge in [0.15, 0.2) is 5.60 Å². The Balaban J connectivity index is 1.73. The minimum Gasteiger partial charge on any atom is -0.479 e. The molecule has 0 radical (unpaired) electrons. The number of carboxylic acids is 1. The average Bonchev–Trinajstić information content (AvgIpc) is 2.91. The van der Waals surface area contributed by atoms with Crippen molar-refractivity contribution in [2.24, 2.45) is 5.92 Å². The molecule has 0 spiro atoms. The van der Waals surface area contributed by atoms with Crippen molar-refractivity contribution in [2.45, 2.75) is 103 Å². The Labute approximate surface area is 233 Å². The first-order valence-electron chi connectivity index (χ1n) is 14.6. The van der Waals surface area contributed by atoms with E-state index >= 15 is 0 Å². The number of Topliss-reactive ketones (excluding diaryl/α,β-unsaturated/α-hetero) is 1. The van der Waals surface area contributed by atoms with Crippen molar-refractivity contribution < 1.29 is 24.6 Å². The quantitative estimate of drug-likeness (QED) is 0.128. The highest BCUT2D eigenvalue weighted by molar-refractivity contribution is 5.90. The van der Waals surface area contributed by atoms with Crippen LogP contribution in [0.25, 0.3) is 10.8 Å². The molecule has 0 saturated carbocycles. The maximum atomic E-state index is 12.9. The van der Waals surface area contributed by atoms with Gasteiger partial charge in [-0.05, 0) is 55.4 Å². The molecule has 0 unspecified atom stereocenters. The second-order valence-corrected chi connectivity index (χ2v) is 10.7. The third-order valence-electron chi connectivity index (χ3n) is 7.31. The molecule has 0 saturated heterocycles. The summed E-state index contributed by atoms with van der Waals surface area (Å²) in [6.07, 6.45) is 15.5. The lowest BCUT2D eigenvalue weighted by molar-refractivity contribution is -0.163. The topological polar surface area (TPSA) is 104 Å². The molecule has 2 rings (SSSR count). The molecule has 1 amide bonds. The van der Waals surface area contributed by atoms with Gasteiger partial charge < -0.3 is 15.5 Å². The first kappa shape index (κ1) is 32.2. The molecule has 0 aliphatic carbocycles. The number of hydrogen-bond donors (Lipinski definition) is 3. The summed E-state index contributed by atoms with van der Waals surface area (Å²) in [7, 11) is 0. The predicted octanol–water partition coefficient (Wildman–Crippen LogP) is 6.78. The lowest BCUT2D eigenvalue weighted by Crippen LogP contribution is -2.49. The van der Waals surface area contributed by atoms with E-state index in [1.54, 1.807) is 6.08 Å². The van der Waals surface area contributed by atoms with Crippen molar-refractivity contribution in [2.75, 3.05) is 6.54 Å². The summed E-state index contributed by atoms with van der Waals surface area (Å²) in [5.74, 6) is -2.78. The number of carboxylic acid groups (broad SMARTS) is 1. The van der Waals surface area contributed by atoms with Crippen LogP contribution in [0.1, 0.15) is 96.5 Å². The van der Waals surface area contributed by atoms with Crippen LogP contribution in [-0.2, 0) is 20.8 Å². The van der Waals surface area contributed by atoms with Gasteiger partial charge in [-0.2, -0.15) is 0 Å². The number of aliphatic carboxylic acids is 1. The number of aliphatic hydroxyl groups is 1. The van der Waals surface area contributed by atoms with Gasteiger partial charge in [0.1, 0.15) is 5.78 Å². The first-order valence-corrected chi connectivity index (χ1v) is 14.6. The Morgan fingerprint density at radius 1 is 0.897 bits per heavy atom. The Morgan fingerprint density at radius 2 is 1.54 bits per heavy atom. The maximum Gasteiger partial charge on any atom is 0.336 e. The van der Waals surface area contributed by atoms with E-state index in [0.29, 0.717) is 38.0 Å². The summed E-state index contributed by atoms with van der Waals surface area (Å²) in [5, 5.41) is 25.1. The lowest BCUT2D eigenvalue weighted by atomic mass is 9.87. The molecule has 39 heavy (non-hydrogen) atoms. The fourth-order valence-electron chi connectivity index (χ4n) is 4.72. The van der Waals surface area contributed by atoms with E-state index < -0.39 is 23.4 Å². The van der Waals surface area contributed by atoms with Gasteiger partial charge in [-0.25, -0.2) is 4.79 Å². The number of carbonyl (C=O) groups is 3. The smallest absolute Gasteiger partial charge is 0.336 e.